The van der Waals surface area contributed by atoms with Gasteiger partial charge in [0.15, 0.2) is 0 Å². The second-order valence-electron chi connectivity index (χ2n) is 6.93. The highest BCUT2D eigenvalue weighted by Crippen LogP contribution is 2.41. The summed E-state index contributed by atoms with van der Waals surface area (Å²) in [5, 5.41) is 0. The molecule has 1 aliphatic rings. The summed E-state index contributed by atoms with van der Waals surface area (Å²) < 4.78 is 0. The summed E-state index contributed by atoms with van der Waals surface area (Å²) in [5.41, 5.74) is 17.3. The molecule has 2 rings (SSSR count). The fourth-order valence-electron chi connectivity index (χ4n) is 3.72. The first-order chi connectivity index (χ1) is 11.2. The van der Waals surface area contributed by atoms with Gasteiger partial charge in [0.25, 0.3) is 0 Å². The molecular formula is C18H25N3O3. The van der Waals surface area contributed by atoms with Crippen molar-refractivity contribution in [2.75, 3.05) is 0 Å². The van der Waals surface area contributed by atoms with Gasteiger partial charge in [-0.25, -0.2) is 0 Å². The zero-order valence-electron chi connectivity index (χ0n) is 14.2. The Bertz CT molecular complexity index is 639. The van der Waals surface area contributed by atoms with Crippen molar-refractivity contribution in [1.82, 2.24) is 0 Å². The van der Waals surface area contributed by atoms with E-state index in [2.05, 4.69) is 13.8 Å². The Balaban J connectivity index is 2.50. The van der Waals surface area contributed by atoms with E-state index in [1.165, 1.54) is 12.1 Å². The quantitative estimate of drug-likeness (QED) is 0.762. The summed E-state index contributed by atoms with van der Waals surface area (Å²) in [6, 6.07) is 2.75. The Kier molecular flexibility index (Phi) is 5.26. The molecule has 0 aromatic heterocycles. The predicted molar refractivity (Wildman–Crippen MR) is 91.5 cm³/mol. The Hall–Kier alpha value is -2.37. The lowest BCUT2D eigenvalue weighted by atomic mass is 9.72. The maximum atomic E-state index is 11.9. The molecule has 0 radical (unpaired) electrons. The molecule has 1 aromatic carbocycles. The number of rotatable bonds is 5. The van der Waals surface area contributed by atoms with Gasteiger partial charge in [-0.1, -0.05) is 13.8 Å². The molecule has 130 valence electrons. The number of carbonyl (C=O) groups excluding carboxylic acids is 3. The van der Waals surface area contributed by atoms with Gasteiger partial charge in [0.2, 0.25) is 17.7 Å². The molecule has 0 saturated heterocycles. The SMILES string of the molecule is CC(C)[C@H]1CC[C@@H](c2c(C(N)=O)cc(C(N)=O)cc2C(N)=O)CC1. The normalized spacial score (nSPS) is 20.8. The second kappa shape index (κ2) is 7.03. The van der Waals surface area contributed by atoms with Gasteiger partial charge in [-0.2, -0.15) is 0 Å². The fraction of sp³-hybridized carbons (Fsp3) is 0.500. The van der Waals surface area contributed by atoms with Crippen molar-refractivity contribution in [2.45, 2.75) is 45.4 Å². The van der Waals surface area contributed by atoms with Crippen molar-refractivity contribution >= 4 is 17.7 Å². The Labute approximate surface area is 141 Å². The zero-order valence-corrected chi connectivity index (χ0v) is 14.2. The van der Waals surface area contributed by atoms with E-state index in [9.17, 15) is 14.4 Å². The summed E-state index contributed by atoms with van der Waals surface area (Å²) in [6.07, 6.45) is 3.77. The molecule has 0 bridgehead atoms. The van der Waals surface area contributed by atoms with Gasteiger partial charge in [0.05, 0.1) is 0 Å². The summed E-state index contributed by atoms with van der Waals surface area (Å²) >= 11 is 0. The van der Waals surface area contributed by atoms with Gasteiger partial charge < -0.3 is 17.2 Å². The topological polar surface area (TPSA) is 129 Å². The molecule has 0 atom stereocenters. The summed E-state index contributed by atoms with van der Waals surface area (Å²) in [6.45, 7) is 4.41. The first-order valence-electron chi connectivity index (χ1n) is 8.29. The molecule has 1 aromatic rings. The van der Waals surface area contributed by atoms with Crippen LogP contribution >= 0.6 is 0 Å². The largest absolute Gasteiger partial charge is 0.366 e. The van der Waals surface area contributed by atoms with Crippen LogP contribution in [0.2, 0.25) is 0 Å². The highest BCUT2D eigenvalue weighted by atomic mass is 16.2. The Morgan fingerprint density at radius 1 is 0.875 bits per heavy atom. The van der Waals surface area contributed by atoms with Gasteiger partial charge in [0.1, 0.15) is 0 Å². The number of hydrogen-bond acceptors (Lipinski definition) is 3. The summed E-state index contributed by atoms with van der Waals surface area (Å²) in [5.74, 6) is -0.806. The minimum Gasteiger partial charge on any atom is -0.366 e. The zero-order chi connectivity index (χ0) is 18.0. The summed E-state index contributed by atoms with van der Waals surface area (Å²) in [7, 11) is 0. The molecule has 3 amide bonds. The van der Waals surface area contributed by atoms with Crippen LogP contribution in [0.1, 0.15) is 82.1 Å². The van der Waals surface area contributed by atoms with Crippen molar-refractivity contribution in [1.29, 1.82) is 0 Å². The minimum absolute atomic E-state index is 0.0342. The Morgan fingerprint density at radius 3 is 1.67 bits per heavy atom. The predicted octanol–water partition coefficient (Wildman–Crippen LogP) is 1.91. The molecule has 1 fully saturated rings. The molecular weight excluding hydrogens is 306 g/mol. The highest BCUT2D eigenvalue weighted by Gasteiger charge is 2.30. The molecule has 6 N–H and O–H groups in total. The van der Waals surface area contributed by atoms with Crippen molar-refractivity contribution < 1.29 is 14.4 Å². The molecule has 0 spiro atoms. The van der Waals surface area contributed by atoms with E-state index in [0.29, 0.717) is 17.4 Å². The van der Waals surface area contributed by atoms with E-state index >= 15 is 0 Å². The molecule has 1 saturated carbocycles. The Morgan fingerprint density at radius 2 is 1.33 bits per heavy atom. The number of benzene rings is 1. The molecule has 24 heavy (non-hydrogen) atoms. The maximum absolute atomic E-state index is 11.9. The number of carbonyl (C=O) groups is 3. The lowest BCUT2D eigenvalue weighted by Gasteiger charge is -2.32. The third-order valence-corrected chi connectivity index (χ3v) is 5.12. The molecule has 6 nitrogen and oxygen atoms in total. The van der Waals surface area contributed by atoms with E-state index in [1.54, 1.807) is 0 Å². The monoisotopic (exact) mass is 331 g/mol. The van der Waals surface area contributed by atoms with Crippen LogP contribution in [0.4, 0.5) is 0 Å². The lowest BCUT2D eigenvalue weighted by Crippen LogP contribution is -2.26. The minimum atomic E-state index is -0.727. The molecule has 0 aliphatic heterocycles. The van der Waals surface area contributed by atoms with Crippen molar-refractivity contribution in [3.8, 4) is 0 Å². The van der Waals surface area contributed by atoms with Crippen LogP contribution < -0.4 is 17.2 Å². The summed E-state index contributed by atoms with van der Waals surface area (Å²) in [4.78, 5) is 35.3. The van der Waals surface area contributed by atoms with Crippen LogP contribution in [-0.2, 0) is 0 Å². The van der Waals surface area contributed by atoms with Crippen molar-refractivity contribution in [3.63, 3.8) is 0 Å². The van der Waals surface area contributed by atoms with E-state index in [1.807, 2.05) is 0 Å². The number of primary amides is 3. The number of hydrogen-bond donors (Lipinski definition) is 3. The second-order valence-corrected chi connectivity index (χ2v) is 6.93. The van der Waals surface area contributed by atoms with Crippen LogP contribution in [0.25, 0.3) is 0 Å². The van der Waals surface area contributed by atoms with Crippen LogP contribution in [0.5, 0.6) is 0 Å². The van der Waals surface area contributed by atoms with E-state index in [0.717, 1.165) is 25.7 Å². The number of nitrogens with two attached hydrogens (primary N) is 3. The van der Waals surface area contributed by atoms with Crippen LogP contribution in [0, 0.1) is 11.8 Å². The van der Waals surface area contributed by atoms with Crippen molar-refractivity contribution in [3.05, 3.63) is 34.4 Å². The lowest BCUT2D eigenvalue weighted by molar-refractivity contribution is 0.0997. The van der Waals surface area contributed by atoms with Crippen LogP contribution in [0.3, 0.4) is 0 Å². The fourth-order valence-corrected chi connectivity index (χ4v) is 3.72. The van der Waals surface area contributed by atoms with Crippen LogP contribution in [-0.4, -0.2) is 17.7 Å². The first kappa shape index (κ1) is 18.0. The molecule has 0 unspecified atom stereocenters. The van der Waals surface area contributed by atoms with E-state index < -0.39 is 17.7 Å². The standard InChI is InChI=1S/C18H25N3O3/c1-9(2)10-3-5-11(6-4-10)15-13(17(20)23)7-12(16(19)22)8-14(15)18(21)24/h7-11H,3-6H2,1-2H3,(H2,19,22)(H2,20,23)(H2,21,24)/t10-,11+. The average Bonchev–Trinajstić information content (AvgIpc) is 2.53. The van der Waals surface area contributed by atoms with Gasteiger partial charge in [-0.15, -0.1) is 0 Å². The van der Waals surface area contributed by atoms with Gasteiger partial charge in [0, 0.05) is 16.7 Å². The molecule has 6 heteroatoms. The first-order valence-corrected chi connectivity index (χ1v) is 8.29. The van der Waals surface area contributed by atoms with Gasteiger partial charge in [-0.3, -0.25) is 14.4 Å². The highest BCUT2D eigenvalue weighted by molar-refractivity contribution is 6.05. The average molecular weight is 331 g/mol. The van der Waals surface area contributed by atoms with E-state index in [4.69, 9.17) is 17.2 Å². The maximum Gasteiger partial charge on any atom is 0.249 e. The molecule has 0 heterocycles. The molecule has 1 aliphatic carbocycles. The van der Waals surface area contributed by atoms with Crippen molar-refractivity contribution in [2.24, 2.45) is 29.0 Å². The van der Waals surface area contributed by atoms with Crippen LogP contribution in [0.15, 0.2) is 12.1 Å². The van der Waals surface area contributed by atoms with Gasteiger partial charge in [-0.05, 0) is 61.1 Å². The third kappa shape index (κ3) is 3.58. The van der Waals surface area contributed by atoms with Gasteiger partial charge >= 0.3 is 0 Å². The van der Waals surface area contributed by atoms with E-state index in [-0.39, 0.29) is 22.6 Å². The third-order valence-electron chi connectivity index (χ3n) is 5.12. The smallest absolute Gasteiger partial charge is 0.249 e. The number of amides is 3.